The molecule has 0 aliphatic rings. The third kappa shape index (κ3) is 7.47. The molecule has 0 bridgehead atoms. The quantitative estimate of drug-likeness (QED) is 0.344. The maximum atomic E-state index is 8.87. The van der Waals surface area contributed by atoms with E-state index in [0.717, 1.165) is 49.0 Å². The van der Waals surface area contributed by atoms with Crippen molar-refractivity contribution in [3.05, 3.63) is 53.1 Å². The number of aliphatic hydroxyl groups excluding tert-OH is 1. The number of benzene rings is 2. The molecule has 0 aromatic heterocycles. The largest absolute Gasteiger partial charge is 0.494 e. The van der Waals surface area contributed by atoms with Crippen LogP contribution in [0.5, 0.6) is 17.2 Å². The van der Waals surface area contributed by atoms with Crippen LogP contribution in [0.25, 0.3) is 12.2 Å². The van der Waals surface area contributed by atoms with Gasteiger partial charge in [-0.25, -0.2) is 0 Å². The van der Waals surface area contributed by atoms with E-state index < -0.39 is 0 Å². The number of hydrogen-bond donors (Lipinski definition) is 1. The Labute approximate surface area is 175 Å². The molecule has 0 fully saturated rings. The van der Waals surface area contributed by atoms with Crippen LogP contribution < -0.4 is 14.2 Å². The lowest BCUT2D eigenvalue weighted by Crippen LogP contribution is -1.99. The summed E-state index contributed by atoms with van der Waals surface area (Å²) in [5.74, 6) is 2.18. The van der Waals surface area contributed by atoms with Gasteiger partial charge in [-0.1, -0.05) is 49.3 Å². The minimum atomic E-state index is 0.291. The minimum absolute atomic E-state index is 0.291. The first kappa shape index (κ1) is 22.8. The minimum Gasteiger partial charge on any atom is -0.494 e. The molecule has 0 aliphatic heterocycles. The molecule has 4 heteroatoms. The smallest absolute Gasteiger partial charge is 0.168 e. The summed E-state index contributed by atoms with van der Waals surface area (Å²) in [6.07, 6.45) is 9.49. The standard InChI is InChI=1S/C25H34O4/c1-4-28-23-18-22(25(27-3)24(19-23)29-5-2)15-14-21-13-10-12-20(17-21)11-8-6-7-9-16-26/h10,12-15,17-19,26H,4-9,11,16H2,1-3H3. The number of aliphatic hydroxyl groups is 1. The summed E-state index contributed by atoms with van der Waals surface area (Å²) in [5, 5.41) is 8.87. The first-order valence-corrected chi connectivity index (χ1v) is 10.6. The molecule has 29 heavy (non-hydrogen) atoms. The Hall–Kier alpha value is -2.46. The molecule has 0 saturated carbocycles. The van der Waals surface area contributed by atoms with Gasteiger partial charge in [-0.2, -0.15) is 0 Å². The van der Waals surface area contributed by atoms with E-state index in [-0.39, 0.29) is 0 Å². The third-order valence-electron chi connectivity index (χ3n) is 4.65. The molecular weight excluding hydrogens is 364 g/mol. The highest BCUT2D eigenvalue weighted by Gasteiger charge is 2.12. The van der Waals surface area contributed by atoms with Crippen LogP contribution in [0.1, 0.15) is 56.2 Å². The molecule has 4 nitrogen and oxygen atoms in total. The fourth-order valence-electron chi connectivity index (χ4n) is 3.29. The second kappa shape index (κ2) is 12.9. The van der Waals surface area contributed by atoms with Gasteiger partial charge in [-0.3, -0.25) is 0 Å². The Balaban J connectivity index is 2.16. The normalized spacial score (nSPS) is 11.0. The van der Waals surface area contributed by atoms with Crippen LogP contribution in [0, 0.1) is 0 Å². The number of hydrogen-bond acceptors (Lipinski definition) is 4. The fourth-order valence-corrected chi connectivity index (χ4v) is 3.29. The van der Waals surface area contributed by atoms with Crippen molar-refractivity contribution in [1.82, 2.24) is 0 Å². The van der Waals surface area contributed by atoms with E-state index in [2.05, 4.69) is 30.3 Å². The third-order valence-corrected chi connectivity index (χ3v) is 4.65. The number of aryl methyl sites for hydroxylation is 1. The molecule has 0 amide bonds. The van der Waals surface area contributed by atoms with E-state index >= 15 is 0 Å². The zero-order valence-electron chi connectivity index (χ0n) is 17.9. The Bertz CT molecular complexity index is 767. The summed E-state index contributed by atoms with van der Waals surface area (Å²) in [6, 6.07) is 12.5. The number of ether oxygens (including phenoxy) is 3. The summed E-state index contributed by atoms with van der Waals surface area (Å²) in [7, 11) is 1.66. The van der Waals surface area contributed by atoms with Crippen molar-refractivity contribution in [2.45, 2.75) is 46.0 Å². The van der Waals surface area contributed by atoms with Crippen LogP contribution >= 0.6 is 0 Å². The first-order chi connectivity index (χ1) is 14.2. The molecule has 0 unspecified atom stereocenters. The molecule has 2 aromatic rings. The number of rotatable bonds is 13. The van der Waals surface area contributed by atoms with Crippen molar-refractivity contribution < 1.29 is 19.3 Å². The summed E-state index contributed by atoms with van der Waals surface area (Å²) in [6.45, 7) is 5.38. The van der Waals surface area contributed by atoms with E-state index in [1.165, 1.54) is 5.56 Å². The second-order valence-corrected chi connectivity index (χ2v) is 6.88. The van der Waals surface area contributed by atoms with E-state index in [1.807, 2.05) is 32.1 Å². The van der Waals surface area contributed by atoms with Crippen LogP contribution in [0.3, 0.4) is 0 Å². The molecule has 0 atom stereocenters. The second-order valence-electron chi connectivity index (χ2n) is 6.88. The van der Waals surface area contributed by atoms with E-state index in [0.29, 0.717) is 31.3 Å². The summed E-state index contributed by atoms with van der Waals surface area (Å²) < 4.78 is 17.0. The molecule has 1 N–H and O–H groups in total. The van der Waals surface area contributed by atoms with Crippen LogP contribution in [-0.2, 0) is 6.42 Å². The molecule has 0 spiro atoms. The highest BCUT2D eigenvalue weighted by molar-refractivity contribution is 5.75. The van der Waals surface area contributed by atoms with E-state index in [1.54, 1.807) is 7.11 Å². The van der Waals surface area contributed by atoms with Gasteiger partial charge in [-0.05, 0) is 50.3 Å². The van der Waals surface area contributed by atoms with Crippen LogP contribution in [-0.4, -0.2) is 32.0 Å². The van der Waals surface area contributed by atoms with Crippen molar-refractivity contribution in [2.75, 3.05) is 26.9 Å². The maximum Gasteiger partial charge on any atom is 0.168 e. The zero-order valence-corrected chi connectivity index (χ0v) is 17.9. The summed E-state index contributed by atoms with van der Waals surface area (Å²) in [5.41, 5.74) is 3.41. The first-order valence-electron chi connectivity index (χ1n) is 10.6. The lowest BCUT2D eigenvalue weighted by atomic mass is 10.0. The van der Waals surface area contributed by atoms with Gasteiger partial charge in [0, 0.05) is 18.2 Å². The van der Waals surface area contributed by atoms with E-state index in [4.69, 9.17) is 19.3 Å². The summed E-state index contributed by atoms with van der Waals surface area (Å²) in [4.78, 5) is 0. The maximum absolute atomic E-state index is 8.87. The predicted molar refractivity (Wildman–Crippen MR) is 120 cm³/mol. The van der Waals surface area contributed by atoms with Crippen LogP contribution in [0.4, 0.5) is 0 Å². The summed E-state index contributed by atoms with van der Waals surface area (Å²) >= 11 is 0. The average Bonchev–Trinajstić information content (AvgIpc) is 2.73. The van der Waals surface area contributed by atoms with Crippen molar-refractivity contribution in [2.24, 2.45) is 0 Å². The Morgan fingerprint density at radius 3 is 2.41 bits per heavy atom. The Kier molecular flexibility index (Phi) is 10.1. The topological polar surface area (TPSA) is 47.9 Å². The number of unbranched alkanes of at least 4 members (excludes halogenated alkanes) is 3. The van der Waals surface area contributed by atoms with Gasteiger partial charge < -0.3 is 19.3 Å². The van der Waals surface area contributed by atoms with Gasteiger partial charge in [-0.15, -0.1) is 0 Å². The fraction of sp³-hybridized carbons (Fsp3) is 0.440. The lowest BCUT2D eigenvalue weighted by molar-refractivity contribution is 0.282. The van der Waals surface area contributed by atoms with Crippen molar-refractivity contribution in [3.8, 4) is 17.2 Å². The van der Waals surface area contributed by atoms with Crippen molar-refractivity contribution in [1.29, 1.82) is 0 Å². The molecule has 2 rings (SSSR count). The average molecular weight is 399 g/mol. The molecule has 2 aromatic carbocycles. The van der Waals surface area contributed by atoms with Gasteiger partial charge >= 0.3 is 0 Å². The highest BCUT2D eigenvalue weighted by Crippen LogP contribution is 2.37. The van der Waals surface area contributed by atoms with Crippen LogP contribution in [0.2, 0.25) is 0 Å². The molecule has 0 saturated heterocycles. The van der Waals surface area contributed by atoms with Gasteiger partial charge in [0.15, 0.2) is 11.5 Å². The van der Waals surface area contributed by atoms with Gasteiger partial charge in [0.25, 0.3) is 0 Å². The Morgan fingerprint density at radius 1 is 0.897 bits per heavy atom. The molecule has 0 aliphatic carbocycles. The molecular formula is C25H34O4. The van der Waals surface area contributed by atoms with E-state index in [9.17, 15) is 0 Å². The molecule has 158 valence electrons. The lowest BCUT2D eigenvalue weighted by Gasteiger charge is -2.14. The van der Waals surface area contributed by atoms with Gasteiger partial charge in [0.2, 0.25) is 0 Å². The number of methoxy groups -OCH3 is 1. The monoisotopic (exact) mass is 398 g/mol. The SMILES string of the molecule is CCOc1cc(C=Cc2cccc(CCCCCCO)c2)c(OC)c(OCC)c1. The Morgan fingerprint density at radius 2 is 1.69 bits per heavy atom. The van der Waals surface area contributed by atoms with Gasteiger partial charge in [0.1, 0.15) is 5.75 Å². The van der Waals surface area contributed by atoms with Crippen molar-refractivity contribution >= 4 is 12.2 Å². The van der Waals surface area contributed by atoms with Crippen LogP contribution in [0.15, 0.2) is 36.4 Å². The van der Waals surface area contributed by atoms with Crippen molar-refractivity contribution in [3.63, 3.8) is 0 Å². The molecule has 0 radical (unpaired) electrons. The van der Waals surface area contributed by atoms with Gasteiger partial charge in [0.05, 0.1) is 20.3 Å². The predicted octanol–water partition coefficient (Wildman–Crippen LogP) is 5.76. The highest BCUT2D eigenvalue weighted by atomic mass is 16.5. The molecule has 0 heterocycles. The zero-order chi connectivity index (χ0) is 20.9.